The number of hydrogen-bond acceptors (Lipinski definition) is 8. The van der Waals surface area contributed by atoms with Crippen molar-refractivity contribution in [2.75, 3.05) is 32.9 Å². The van der Waals surface area contributed by atoms with Gasteiger partial charge in [-0.1, -0.05) is 6.92 Å². The number of nitrogens with zero attached hydrogens (tertiary/aromatic N) is 4. The number of anilines is 1. The summed E-state index contributed by atoms with van der Waals surface area (Å²) >= 11 is 0. The van der Waals surface area contributed by atoms with Crippen LogP contribution in [0.3, 0.4) is 0 Å². The highest BCUT2D eigenvalue weighted by atomic mass is 16.6. The van der Waals surface area contributed by atoms with Gasteiger partial charge in [-0.25, -0.2) is 20.4 Å². The van der Waals surface area contributed by atoms with Gasteiger partial charge in [0.05, 0.1) is 26.3 Å². The zero-order valence-electron chi connectivity index (χ0n) is 16.1. The number of hydrogen-bond donors (Lipinski definition) is 1. The Bertz CT molecular complexity index is 988. The smallest absolute Gasteiger partial charge is 0.296 e. The molecule has 0 radical (unpaired) electrons. The first kappa shape index (κ1) is 19.7. The van der Waals surface area contributed by atoms with Gasteiger partial charge in [0, 0.05) is 42.7 Å². The highest BCUT2D eigenvalue weighted by molar-refractivity contribution is 5.78. The minimum atomic E-state index is -0.304. The Balaban J connectivity index is 2.05. The summed E-state index contributed by atoms with van der Waals surface area (Å²) in [6, 6.07) is 5.53. The van der Waals surface area contributed by atoms with Crippen molar-refractivity contribution in [3.63, 3.8) is 0 Å². The minimum Gasteiger partial charge on any atom is -0.481 e. The maximum absolute atomic E-state index is 12.8. The molecule has 0 saturated carbocycles. The number of aromatic nitrogens is 4. The number of pyridine rings is 2. The van der Waals surface area contributed by atoms with E-state index < -0.39 is 0 Å². The lowest BCUT2D eigenvalue weighted by atomic mass is 10.1. The molecule has 3 aromatic rings. The van der Waals surface area contributed by atoms with Crippen LogP contribution in [-0.2, 0) is 16.1 Å². The Hall–Kier alpha value is -3.04. The molecule has 3 heterocycles. The Morgan fingerprint density at radius 2 is 1.93 bits per heavy atom. The first-order chi connectivity index (χ1) is 13.7. The summed E-state index contributed by atoms with van der Waals surface area (Å²) in [6.07, 6.45) is 4.30. The average Bonchev–Trinajstić information content (AvgIpc) is 2.73. The van der Waals surface area contributed by atoms with E-state index in [0.29, 0.717) is 36.8 Å². The maximum Gasteiger partial charge on any atom is 0.296 e. The molecule has 0 bridgehead atoms. The summed E-state index contributed by atoms with van der Waals surface area (Å²) in [5.41, 5.74) is 4.93. The topological polar surface area (TPSA) is 100 Å². The molecular formula is C19H23N5O4. The van der Waals surface area contributed by atoms with Crippen LogP contribution in [0.4, 0.5) is 5.82 Å². The predicted octanol–water partition coefficient (Wildman–Crippen LogP) is 2.26. The molecule has 0 atom stereocenters. The van der Waals surface area contributed by atoms with E-state index in [9.17, 15) is 4.79 Å². The van der Waals surface area contributed by atoms with E-state index in [1.807, 2.05) is 19.1 Å². The van der Waals surface area contributed by atoms with Crippen LogP contribution in [0.2, 0.25) is 0 Å². The van der Waals surface area contributed by atoms with Gasteiger partial charge in [0.1, 0.15) is 0 Å². The molecule has 9 heteroatoms. The highest BCUT2D eigenvalue weighted by Crippen LogP contribution is 2.23. The van der Waals surface area contributed by atoms with Crippen LogP contribution in [0.15, 0.2) is 35.4 Å². The van der Waals surface area contributed by atoms with Gasteiger partial charge in [-0.3, -0.25) is 14.2 Å². The van der Waals surface area contributed by atoms with Gasteiger partial charge in [-0.2, -0.15) is 0 Å². The van der Waals surface area contributed by atoms with Crippen molar-refractivity contribution in [2.24, 2.45) is 0 Å². The Labute approximate surface area is 162 Å². The summed E-state index contributed by atoms with van der Waals surface area (Å²) in [5.74, 6) is 0.608. The van der Waals surface area contributed by atoms with Crippen LogP contribution in [0, 0.1) is 0 Å². The second-order valence-corrected chi connectivity index (χ2v) is 5.99. The van der Waals surface area contributed by atoms with Crippen LogP contribution in [0.1, 0.15) is 13.3 Å². The SMILES string of the molecule is CCCOCCn1c(=O)c(NOC)nc2ncc(-c3ccc(OC)nc3)cc21. The van der Waals surface area contributed by atoms with E-state index in [1.165, 1.54) is 7.11 Å². The predicted molar refractivity (Wildman–Crippen MR) is 105 cm³/mol. The Kier molecular flexibility index (Phi) is 6.51. The highest BCUT2D eigenvalue weighted by Gasteiger charge is 2.13. The van der Waals surface area contributed by atoms with Gasteiger partial charge in [0.15, 0.2) is 5.65 Å². The number of rotatable bonds is 9. The Morgan fingerprint density at radius 3 is 2.61 bits per heavy atom. The third-order valence-electron chi connectivity index (χ3n) is 4.09. The minimum absolute atomic E-state index is 0.0804. The van der Waals surface area contributed by atoms with Gasteiger partial charge in [0.2, 0.25) is 11.7 Å². The first-order valence-corrected chi connectivity index (χ1v) is 8.95. The van der Waals surface area contributed by atoms with Crippen LogP contribution in [-0.4, -0.2) is 47.0 Å². The molecule has 3 aromatic heterocycles. The quantitative estimate of drug-likeness (QED) is 0.442. The lowest BCUT2D eigenvalue weighted by Gasteiger charge is -2.13. The summed E-state index contributed by atoms with van der Waals surface area (Å²) in [6.45, 7) is 3.46. The lowest BCUT2D eigenvalue weighted by molar-refractivity contribution is 0.127. The zero-order valence-corrected chi connectivity index (χ0v) is 16.1. The fourth-order valence-corrected chi connectivity index (χ4v) is 2.74. The molecule has 148 valence electrons. The van der Waals surface area contributed by atoms with E-state index >= 15 is 0 Å². The summed E-state index contributed by atoms with van der Waals surface area (Å²) in [7, 11) is 2.99. The molecule has 1 N–H and O–H groups in total. The van der Waals surface area contributed by atoms with Crippen molar-refractivity contribution in [3.8, 4) is 17.0 Å². The van der Waals surface area contributed by atoms with E-state index in [1.54, 1.807) is 30.1 Å². The number of methoxy groups -OCH3 is 1. The molecule has 0 aliphatic heterocycles. The molecule has 3 rings (SSSR count). The van der Waals surface area contributed by atoms with Crippen molar-refractivity contribution < 1.29 is 14.3 Å². The number of nitrogens with one attached hydrogen (secondary N) is 1. The maximum atomic E-state index is 12.8. The molecule has 0 aromatic carbocycles. The molecule has 28 heavy (non-hydrogen) atoms. The molecule has 0 spiro atoms. The van der Waals surface area contributed by atoms with E-state index in [0.717, 1.165) is 17.5 Å². The van der Waals surface area contributed by atoms with Crippen molar-refractivity contribution in [3.05, 3.63) is 40.9 Å². The monoisotopic (exact) mass is 385 g/mol. The molecular weight excluding hydrogens is 362 g/mol. The van der Waals surface area contributed by atoms with Gasteiger partial charge in [-0.15, -0.1) is 0 Å². The van der Waals surface area contributed by atoms with Gasteiger partial charge in [0.25, 0.3) is 5.56 Å². The normalized spacial score (nSPS) is 11.0. The fraction of sp³-hybridized carbons (Fsp3) is 0.368. The first-order valence-electron chi connectivity index (χ1n) is 8.95. The van der Waals surface area contributed by atoms with Crippen molar-refractivity contribution in [1.29, 1.82) is 0 Å². The van der Waals surface area contributed by atoms with Gasteiger partial charge < -0.3 is 9.47 Å². The van der Waals surface area contributed by atoms with Crippen LogP contribution in [0.5, 0.6) is 5.88 Å². The van der Waals surface area contributed by atoms with Crippen molar-refractivity contribution in [2.45, 2.75) is 19.9 Å². The van der Waals surface area contributed by atoms with E-state index in [2.05, 4.69) is 20.4 Å². The third kappa shape index (κ3) is 4.26. The van der Waals surface area contributed by atoms with Crippen molar-refractivity contribution >= 4 is 17.0 Å². The van der Waals surface area contributed by atoms with Crippen LogP contribution < -0.4 is 15.8 Å². The second kappa shape index (κ2) is 9.25. The zero-order chi connectivity index (χ0) is 19.9. The van der Waals surface area contributed by atoms with Gasteiger partial charge in [-0.05, 0) is 18.6 Å². The Morgan fingerprint density at radius 1 is 1.11 bits per heavy atom. The molecule has 0 fully saturated rings. The summed E-state index contributed by atoms with van der Waals surface area (Å²) in [4.78, 5) is 30.6. The second-order valence-electron chi connectivity index (χ2n) is 5.99. The largest absolute Gasteiger partial charge is 0.481 e. The standard InChI is InChI=1S/C19H23N5O4/c1-4-8-28-9-7-24-15-10-14(13-5-6-16(26-2)20-11-13)12-21-17(15)22-18(19(24)25)23-27-3/h5-6,10-12H,4,7-9H2,1-3H3,(H,21,22,23). The third-order valence-corrected chi connectivity index (χ3v) is 4.09. The van der Waals surface area contributed by atoms with Crippen molar-refractivity contribution in [1.82, 2.24) is 19.5 Å². The molecule has 0 saturated heterocycles. The number of fused-ring (bicyclic) bond motifs is 1. The van der Waals surface area contributed by atoms with Crippen LogP contribution >= 0.6 is 0 Å². The molecule has 0 aliphatic carbocycles. The lowest BCUT2D eigenvalue weighted by Crippen LogP contribution is -2.27. The molecule has 0 aliphatic rings. The van der Waals surface area contributed by atoms with E-state index in [4.69, 9.17) is 14.3 Å². The van der Waals surface area contributed by atoms with E-state index in [-0.39, 0.29) is 11.4 Å². The molecule has 9 nitrogen and oxygen atoms in total. The number of ether oxygens (including phenoxy) is 2. The molecule has 0 unspecified atom stereocenters. The fourth-order valence-electron chi connectivity index (χ4n) is 2.74. The summed E-state index contributed by atoms with van der Waals surface area (Å²) in [5, 5.41) is 0. The average molecular weight is 385 g/mol. The summed E-state index contributed by atoms with van der Waals surface area (Å²) < 4.78 is 12.2. The molecule has 0 amide bonds. The van der Waals surface area contributed by atoms with Crippen LogP contribution in [0.25, 0.3) is 22.3 Å². The van der Waals surface area contributed by atoms with Gasteiger partial charge >= 0.3 is 0 Å².